The van der Waals surface area contributed by atoms with Gasteiger partial charge < -0.3 is 0 Å². The van der Waals surface area contributed by atoms with Gasteiger partial charge in [0, 0.05) is 5.92 Å². The summed E-state index contributed by atoms with van der Waals surface area (Å²) in [6, 6.07) is 10.6. The highest BCUT2D eigenvalue weighted by molar-refractivity contribution is 5.36. The summed E-state index contributed by atoms with van der Waals surface area (Å²) in [7, 11) is 0. The third kappa shape index (κ3) is 3.54. The zero-order valence-corrected chi connectivity index (χ0v) is 10.4. The highest BCUT2D eigenvalue weighted by Gasteiger charge is 2.07. The quantitative estimate of drug-likeness (QED) is 0.625. The third-order valence-corrected chi connectivity index (χ3v) is 2.64. The van der Waals surface area contributed by atoms with Crippen molar-refractivity contribution in [3.63, 3.8) is 0 Å². The Morgan fingerprint density at radius 3 is 2.31 bits per heavy atom. The van der Waals surface area contributed by atoms with Gasteiger partial charge >= 0.3 is 0 Å². The summed E-state index contributed by atoms with van der Waals surface area (Å²) in [5.41, 5.74) is 2.70. The predicted molar refractivity (Wildman–Crippen MR) is 72.6 cm³/mol. The van der Waals surface area contributed by atoms with Crippen LogP contribution < -0.4 is 0 Å². The Kier molecular flexibility index (Phi) is 5.35. The largest absolute Gasteiger partial charge is 0.0877 e. The number of allylic oxidation sites excluding steroid dienone is 6. The summed E-state index contributed by atoms with van der Waals surface area (Å²) in [4.78, 5) is 0. The van der Waals surface area contributed by atoms with E-state index in [4.69, 9.17) is 0 Å². The summed E-state index contributed by atoms with van der Waals surface area (Å²) >= 11 is 0. The van der Waals surface area contributed by atoms with Gasteiger partial charge in [0.25, 0.3) is 0 Å². The molecule has 1 aromatic carbocycles. The van der Waals surface area contributed by atoms with E-state index < -0.39 is 0 Å². The van der Waals surface area contributed by atoms with Gasteiger partial charge in [0.15, 0.2) is 0 Å². The normalized spacial score (nSPS) is 14.8. The minimum Gasteiger partial charge on any atom is -0.0877 e. The van der Waals surface area contributed by atoms with E-state index >= 15 is 0 Å². The van der Waals surface area contributed by atoms with Crippen LogP contribution in [0.4, 0.5) is 0 Å². The molecule has 0 N–H and O–H groups in total. The molecule has 0 amide bonds. The Balaban J connectivity index is 2.96. The maximum absolute atomic E-state index is 2.24. The summed E-state index contributed by atoms with van der Waals surface area (Å²) in [5, 5.41) is 0. The van der Waals surface area contributed by atoms with E-state index in [0.717, 1.165) is 0 Å². The van der Waals surface area contributed by atoms with Crippen LogP contribution in [0.1, 0.15) is 32.3 Å². The Labute approximate surface area is 99.0 Å². The van der Waals surface area contributed by atoms with Gasteiger partial charge in [0.1, 0.15) is 0 Å². The third-order valence-electron chi connectivity index (χ3n) is 2.64. The second-order valence-electron chi connectivity index (χ2n) is 3.82. The SMILES string of the molecule is C\C=C/C=C(\C=C/C)C(C)c1ccccc1. The molecule has 0 nitrogen and oxygen atoms in total. The molecule has 84 valence electrons. The molecule has 1 aromatic rings. The van der Waals surface area contributed by atoms with Crippen molar-refractivity contribution in [1.82, 2.24) is 0 Å². The standard InChI is InChI=1S/C16H20/c1-4-6-11-15(10-5-2)14(3)16-12-8-7-9-13-16/h4-14H,1-3H3/b6-4-,10-5-,15-11+. The molecule has 0 radical (unpaired) electrons. The van der Waals surface area contributed by atoms with E-state index in [1.54, 1.807) is 0 Å². The van der Waals surface area contributed by atoms with Crippen molar-refractivity contribution in [2.24, 2.45) is 0 Å². The fourth-order valence-electron chi connectivity index (χ4n) is 1.68. The molecule has 1 rings (SSSR count). The van der Waals surface area contributed by atoms with E-state index in [9.17, 15) is 0 Å². The number of hydrogen-bond donors (Lipinski definition) is 0. The molecule has 0 heterocycles. The molecule has 16 heavy (non-hydrogen) atoms. The Hall–Kier alpha value is -1.56. The monoisotopic (exact) mass is 212 g/mol. The highest BCUT2D eigenvalue weighted by Crippen LogP contribution is 2.24. The maximum Gasteiger partial charge on any atom is 0.00608 e. The van der Waals surface area contributed by atoms with Crippen molar-refractivity contribution < 1.29 is 0 Å². The molecule has 0 aromatic heterocycles. The Morgan fingerprint density at radius 1 is 1.06 bits per heavy atom. The second kappa shape index (κ2) is 6.84. The second-order valence-corrected chi connectivity index (χ2v) is 3.82. The van der Waals surface area contributed by atoms with Crippen LogP contribution >= 0.6 is 0 Å². The lowest BCUT2D eigenvalue weighted by atomic mass is 9.92. The fraction of sp³-hybridized carbons (Fsp3) is 0.250. The minimum atomic E-state index is 0.439. The van der Waals surface area contributed by atoms with Crippen LogP contribution in [0.25, 0.3) is 0 Å². The Bertz CT molecular complexity index is 380. The molecular weight excluding hydrogens is 192 g/mol. The molecule has 0 aliphatic carbocycles. The fourth-order valence-corrected chi connectivity index (χ4v) is 1.68. The van der Waals surface area contributed by atoms with Crippen LogP contribution in [-0.2, 0) is 0 Å². The molecule has 0 aliphatic heterocycles. The minimum absolute atomic E-state index is 0.439. The van der Waals surface area contributed by atoms with Crippen LogP contribution in [0, 0.1) is 0 Å². The van der Waals surface area contributed by atoms with Gasteiger partial charge in [-0.3, -0.25) is 0 Å². The summed E-state index contributed by atoms with van der Waals surface area (Å²) in [6.45, 7) is 6.34. The molecule has 0 saturated heterocycles. The molecule has 0 fully saturated rings. The van der Waals surface area contributed by atoms with E-state index in [0.29, 0.717) is 5.92 Å². The zero-order valence-electron chi connectivity index (χ0n) is 10.4. The van der Waals surface area contributed by atoms with Crippen LogP contribution in [-0.4, -0.2) is 0 Å². The van der Waals surface area contributed by atoms with Crippen molar-refractivity contribution in [3.05, 3.63) is 71.8 Å². The van der Waals surface area contributed by atoms with E-state index in [2.05, 4.69) is 74.6 Å². The van der Waals surface area contributed by atoms with Gasteiger partial charge in [0.05, 0.1) is 0 Å². The van der Waals surface area contributed by atoms with Gasteiger partial charge in [-0.15, -0.1) is 0 Å². The molecule has 1 atom stereocenters. The predicted octanol–water partition coefficient (Wildman–Crippen LogP) is 4.87. The highest BCUT2D eigenvalue weighted by atomic mass is 14.1. The van der Waals surface area contributed by atoms with Crippen LogP contribution in [0.5, 0.6) is 0 Å². The summed E-state index contributed by atoms with van der Waals surface area (Å²) in [6.07, 6.45) is 10.6. The molecule has 0 bridgehead atoms. The smallest absolute Gasteiger partial charge is 0.00608 e. The van der Waals surface area contributed by atoms with Gasteiger partial charge in [-0.05, 0) is 25.0 Å². The lowest BCUT2D eigenvalue weighted by Gasteiger charge is -2.12. The topological polar surface area (TPSA) is 0 Å². The summed E-state index contributed by atoms with van der Waals surface area (Å²) < 4.78 is 0. The first-order valence-corrected chi connectivity index (χ1v) is 5.80. The van der Waals surface area contributed by atoms with E-state index in [-0.39, 0.29) is 0 Å². The van der Waals surface area contributed by atoms with Crippen molar-refractivity contribution in [2.45, 2.75) is 26.7 Å². The molecule has 0 saturated carbocycles. The lowest BCUT2D eigenvalue weighted by Crippen LogP contribution is -1.95. The lowest BCUT2D eigenvalue weighted by molar-refractivity contribution is 0.921. The van der Waals surface area contributed by atoms with Crippen molar-refractivity contribution in [1.29, 1.82) is 0 Å². The zero-order chi connectivity index (χ0) is 11.8. The number of benzene rings is 1. The van der Waals surface area contributed by atoms with Gasteiger partial charge in [0.2, 0.25) is 0 Å². The van der Waals surface area contributed by atoms with Crippen molar-refractivity contribution >= 4 is 0 Å². The maximum atomic E-state index is 2.24. The molecular formula is C16H20. The van der Waals surface area contributed by atoms with Crippen molar-refractivity contribution in [2.75, 3.05) is 0 Å². The van der Waals surface area contributed by atoms with Crippen LogP contribution in [0.15, 0.2) is 66.3 Å². The molecule has 0 spiro atoms. The molecule has 1 unspecified atom stereocenters. The average Bonchev–Trinajstić information content (AvgIpc) is 2.35. The molecule has 0 aliphatic rings. The first-order valence-electron chi connectivity index (χ1n) is 5.80. The van der Waals surface area contributed by atoms with E-state index in [1.165, 1.54) is 11.1 Å². The summed E-state index contributed by atoms with van der Waals surface area (Å²) in [5.74, 6) is 0.439. The van der Waals surface area contributed by atoms with Crippen molar-refractivity contribution in [3.8, 4) is 0 Å². The number of rotatable bonds is 4. The van der Waals surface area contributed by atoms with Crippen LogP contribution in [0.3, 0.4) is 0 Å². The van der Waals surface area contributed by atoms with E-state index in [1.807, 2.05) is 6.92 Å². The first-order chi connectivity index (χ1) is 7.79. The average molecular weight is 212 g/mol. The van der Waals surface area contributed by atoms with Gasteiger partial charge in [-0.2, -0.15) is 0 Å². The van der Waals surface area contributed by atoms with Gasteiger partial charge in [-0.25, -0.2) is 0 Å². The van der Waals surface area contributed by atoms with Crippen LogP contribution in [0.2, 0.25) is 0 Å². The molecule has 0 heteroatoms. The van der Waals surface area contributed by atoms with Gasteiger partial charge in [-0.1, -0.05) is 67.6 Å². The Morgan fingerprint density at radius 2 is 1.75 bits per heavy atom. The first kappa shape index (κ1) is 12.5. The number of hydrogen-bond acceptors (Lipinski definition) is 0.